The van der Waals surface area contributed by atoms with Crippen molar-refractivity contribution in [2.75, 3.05) is 7.11 Å². The lowest BCUT2D eigenvalue weighted by Crippen LogP contribution is -2.06. The third-order valence-corrected chi connectivity index (χ3v) is 3.20. The topological polar surface area (TPSA) is 74.5 Å². The first kappa shape index (κ1) is 16.0. The van der Waals surface area contributed by atoms with Crippen LogP contribution in [0.5, 0.6) is 11.5 Å². The normalized spacial score (nSPS) is 12.3. The van der Waals surface area contributed by atoms with Gasteiger partial charge in [-0.3, -0.25) is 4.79 Å². The summed E-state index contributed by atoms with van der Waals surface area (Å²) in [6, 6.07) is 5.05. The summed E-state index contributed by atoms with van der Waals surface area (Å²) < 4.78 is 16.3. The number of ether oxygens (including phenoxy) is 2. The molecule has 0 radical (unpaired) electrons. The minimum Gasteiger partial charge on any atom is -0.493 e. The van der Waals surface area contributed by atoms with Gasteiger partial charge < -0.3 is 14.0 Å². The molecule has 0 saturated heterocycles. The van der Waals surface area contributed by atoms with Gasteiger partial charge in [-0.25, -0.2) is 0 Å². The molecule has 6 heteroatoms. The van der Waals surface area contributed by atoms with Crippen LogP contribution in [0, 0.1) is 0 Å². The van der Waals surface area contributed by atoms with Gasteiger partial charge >= 0.3 is 0 Å². The molecule has 118 valence electrons. The zero-order valence-corrected chi connectivity index (χ0v) is 13.4. The van der Waals surface area contributed by atoms with Crippen molar-refractivity contribution in [1.29, 1.82) is 0 Å². The largest absolute Gasteiger partial charge is 0.493 e. The second kappa shape index (κ2) is 6.60. The quantitative estimate of drug-likeness (QED) is 0.760. The standard InChI is InChI=1S/C16H20N2O4/c1-9(2)15-17-16(22-18-15)11(4)21-13-7-6-12(10(3)19)8-14(13)20-5/h6-9,11H,1-5H3. The molecule has 2 rings (SSSR count). The first-order valence-corrected chi connectivity index (χ1v) is 7.11. The maximum Gasteiger partial charge on any atom is 0.267 e. The number of aromatic nitrogens is 2. The number of rotatable bonds is 6. The number of carbonyl (C=O) groups excluding carboxylic acids is 1. The lowest BCUT2D eigenvalue weighted by molar-refractivity contribution is 0.101. The van der Waals surface area contributed by atoms with E-state index in [0.29, 0.717) is 28.8 Å². The third kappa shape index (κ3) is 3.44. The summed E-state index contributed by atoms with van der Waals surface area (Å²) in [5.41, 5.74) is 0.566. The Morgan fingerprint density at radius 2 is 1.95 bits per heavy atom. The van der Waals surface area contributed by atoms with Crippen LogP contribution in [0.2, 0.25) is 0 Å². The zero-order chi connectivity index (χ0) is 16.3. The first-order chi connectivity index (χ1) is 10.4. The summed E-state index contributed by atoms with van der Waals surface area (Å²) in [5.74, 6) is 2.21. The van der Waals surface area contributed by atoms with Crippen molar-refractivity contribution >= 4 is 5.78 Å². The summed E-state index contributed by atoms with van der Waals surface area (Å²) in [4.78, 5) is 15.7. The number of nitrogens with zero attached hydrogens (tertiary/aromatic N) is 2. The Kier molecular flexibility index (Phi) is 4.80. The van der Waals surface area contributed by atoms with Crippen molar-refractivity contribution in [2.24, 2.45) is 0 Å². The molecule has 22 heavy (non-hydrogen) atoms. The van der Waals surface area contributed by atoms with Crippen molar-refractivity contribution in [2.45, 2.75) is 39.7 Å². The van der Waals surface area contributed by atoms with Gasteiger partial charge in [-0.05, 0) is 32.0 Å². The molecule has 1 unspecified atom stereocenters. The zero-order valence-electron chi connectivity index (χ0n) is 13.4. The maximum absolute atomic E-state index is 11.4. The average Bonchev–Trinajstić information content (AvgIpc) is 2.97. The lowest BCUT2D eigenvalue weighted by Gasteiger charge is -2.14. The minimum atomic E-state index is -0.419. The number of benzene rings is 1. The molecule has 1 heterocycles. The van der Waals surface area contributed by atoms with Crippen molar-refractivity contribution in [3.05, 3.63) is 35.5 Å². The number of Topliss-reactive ketones (excluding diaryl/α,β-unsaturated/α-hetero) is 1. The summed E-state index contributed by atoms with van der Waals surface area (Å²) in [6.07, 6.45) is -0.419. The van der Waals surface area contributed by atoms with Crippen LogP contribution < -0.4 is 9.47 Å². The molecule has 0 saturated carbocycles. The summed E-state index contributed by atoms with van der Waals surface area (Å²) in [6.45, 7) is 7.30. The fraction of sp³-hybridized carbons (Fsp3) is 0.438. The highest BCUT2D eigenvalue weighted by molar-refractivity contribution is 5.94. The average molecular weight is 304 g/mol. The molecule has 0 fully saturated rings. The van der Waals surface area contributed by atoms with E-state index in [-0.39, 0.29) is 11.7 Å². The van der Waals surface area contributed by atoms with Gasteiger partial charge in [0.15, 0.2) is 29.2 Å². The molecule has 0 bridgehead atoms. The van der Waals surface area contributed by atoms with Crippen LogP contribution in [-0.4, -0.2) is 23.0 Å². The van der Waals surface area contributed by atoms with E-state index < -0.39 is 6.10 Å². The predicted molar refractivity (Wildman–Crippen MR) is 80.4 cm³/mol. The van der Waals surface area contributed by atoms with Gasteiger partial charge in [-0.15, -0.1) is 0 Å². The Balaban J connectivity index is 2.20. The lowest BCUT2D eigenvalue weighted by atomic mass is 10.1. The number of ketones is 1. The Bertz CT molecular complexity index is 664. The smallest absolute Gasteiger partial charge is 0.267 e. The van der Waals surface area contributed by atoms with E-state index in [0.717, 1.165) is 0 Å². The first-order valence-electron chi connectivity index (χ1n) is 7.11. The highest BCUT2D eigenvalue weighted by Crippen LogP contribution is 2.32. The highest BCUT2D eigenvalue weighted by Gasteiger charge is 2.19. The van der Waals surface area contributed by atoms with E-state index in [1.165, 1.54) is 14.0 Å². The summed E-state index contributed by atoms with van der Waals surface area (Å²) >= 11 is 0. The number of carbonyl (C=O) groups is 1. The van der Waals surface area contributed by atoms with E-state index in [4.69, 9.17) is 14.0 Å². The van der Waals surface area contributed by atoms with E-state index in [1.54, 1.807) is 18.2 Å². The van der Waals surface area contributed by atoms with Crippen molar-refractivity contribution in [3.63, 3.8) is 0 Å². The third-order valence-electron chi connectivity index (χ3n) is 3.20. The van der Waals surface area contributed by atoms with Gasteiger partial charge in [0, 0.05) is 11.5 Å². The predicted octanol–water partition coefficient (Wildman–Crippen LogP) is 3.54. The van der Waals surface area contributed by atoms with Gasteiger partial charge in [0.05, 0.1) is 7.11 Å². The highest BCUT2D eigenvalue weighted by atomic mass is 16.5. The van der Waals surface area contributed by atoms with Crippen LogP contribution in [0.15, 0.2) is 22.7 Å². The fourth-order valence-corrected chi connectivity index (χ4v) is 1.87. The van der Waals surface area contributed by atoms with Crippen LogP contribution in [0.4, 0.5) is 0 Å². The van der Waals surface area contributed by atoms with Crippen LogP contribution >= 0.6 is 0 Å². The van der Waals surface area contributed by atoms with Crippen molar-refractivity contribution < 1.29 is 18.8 Å². The van der Waals surface area contributed by atoms with Crippen LogP contribution in [0.3, 0.4) is 0 Å². The monoisotopic (exact) mass is 304 g/mol. The number of hydrogen-bond donors (Lipinski definition) is 0. The SMILES string of the molecule is COc1cc(C(C)=O)ccc1OC(C)c1nc(C(C)C)no1. The second-order valence-corrected chi connectivity index (χ2v) is 5.33. The maximum atomic E-state index is 11.4. The van der Waals surface area contributed by atoms with E-state index in [2.05, 4.69) is 10.1 Å². The Morgan fingerprint density at radius 1 is 1.23 bits per heavy atom. The van der Waals surface area contributed by atoms with Gasteiger partial charge in [-0.2, -0.15) is 4.98 Å². The minimum absolute atomic E-state index is 0.0311. The molecule has 0 spiro atoms. The Morgan fingerprint density at radius 3 is 2.50 bits per heavy atom. The number of methoxy groups -OCH3 is 1. The molecule has 0 aliphatic rings. The Labute approximate surface area is 129 Å². The summed E-state index contributed by atoms with van der Waals surface area (Å²) in [5, 5.41) is 3.92. The van der Waals surface area contributed by atoms with Gasteiger partial charge in [0.1, 0.15) is 0 Å². The number of hydrogen-bond acceptors (Lipinski definition) is 6. The molecule has 6 nitrogen and oxygen atoms in total. The molecule has 0 aliphatic heterocycles. The molecule has 0 N–H and O–H groups in total. The van der Waals surface area contributed by atoms with Crippen LogP contribution in [0.25, 0.3) is 0 Å². The van der Waals surface area contributed by atoms with Crippen molar-refractivity contribution in [3.8, 4) is 11.5 Å². The summed E-state index contributed by atoms with van der Waals surface area (Å²) in [7, 11) is 1.53. The Hall–Kier alpha value is -2.37. The molecule has 1 aromatic heterocycles. The van der Waals surface area contributed by atoms with E-state index in [9.17, 15) is 4.79 Å². The van der Waals surface area contributed by atoms with Gasteiger partial charge in [0.25, 0.3) is 5.89 Å². The van der Waals surface area contributed by atoms with Crippen LogP contribution in [-0.2, 0) is 0 Å². The molecule has 1 aromatic carbocycles. The van der Waals surface area contributed by atoms with Gasteiger partial charge in [0.2, 0.25) is 0 Å². The molecule has 2 aromatic rings. The van der Waals surface area contributed by atoms with Crippen LogP contribution in [0.1, 0.15) is 61.8 Å². The van der Waals surface area contributed by atoms with Gasteiger partial charge in [-0.1, -0.05) is 19.0 Å². The van der Waals surface area contributed by atoms with E-state index >= 15 is 0 Å². The molecule has 0 amide bonds. The molecule has 1 atom stereocenters. The fourth-order valence-electron chi connectivity index (χ4n) is 1.87. The molecule has 0 aliphatic carbocycles. The van der Waals surface area contributed by atoms with E-state index in [1.807, 2.05) is 20.8 Å². The molecular formula is C16H20N2O4. The molecular weight excluding hydrogens is 284 g/mol. The van der Waals surface area contributed by atoms with Crippen molar-refractivity contribution in [1.82, 2.24) is 10.1 Å². The second-order valence-electron chi connectivity index (χ2n) is 5.33.